The van der Waals surface area contributed by atoms with Gasteiger partial charge in [0.25, 0.3) is 0 Å². The van der Waals surface area contributed by atoms with Crippen LogP contribution >= 0.6 is 0 Å². The summed E-state index contributed by atoms with van der Waals surface area (Å²) in [5.74, 6) is -0.275. The lowest BCUT2D eigenvalue weighted by molar-refractivity contribution is -0.295. The second-order valence-corrected chi connectivity index (χ2v) is 7.27. The molecule has 0 N–H and O–H groups in total. The maximum Gasteiger partial charge on any atom is 0.328 e. The molecular weight excluding hydrogens is 384 g/mol. The molecule has 150 valence electrons. The Labute approximate surface area is 165 Å². The van der Waals surface area contributed by atoms with E-state index < -0.39 is 10.1 Å². The number of benzene rings is 1. The summed E-state index contributed by atoms with van der Waals surface area (Å²) in [6.07, 6.45) is 2.83. The first-order chi connectivity index (χ1) is 13.5. The van der Waals surface area contributed by atoms with Crippen molar-refractivity contribution in [2.75, 3.05) is 12.4 Å². The van der Waals surface area contributed by atoms with Crippen LogP contribution in [0.4, 0.5) is 0 Å². The molecule has 0 saturated carbocycles. The lowest BCUT2D eigenvalue weighted by Gasteiger charge is -2.03. The molecule has 0 amide bonds. The highest BCUT2D eigenvalue weighted by atomic mass is 32.2. The van der Waals surface area contributed by atoms with E-state index in [9.17, 15) is 13.7 Å². The van der Waals surface area contributed by atoms with Crippen molar-refractivity contribution in [1.82, 2.24) is 0 Å². The van der Waals surface area contributed by atoms with E-state index in [1.807, 2.05) is 13.8 Å². The molecule has 28 heavy (non-hydrogen) atoms. The predicted molar refractivity (Wildman–Crippen MR) is 103 cm³/mol. The highest BCUT2D eigenvalue weighted by molar-refractivity contribution is 7.86. The molecule has 9 nitrogen and oxygen atoms in total. The molecule has 0 atom stereocenters. The Bertz CT molecular complexity index is 882. The number of hydrogen-bond donors (Lipinski definition) is 0. The molecule has 0 aromatic heterocycles. The second kappa shape index (κ2) is 12.4. The number of nitriles is 1. The molecular formula is C18H22N4O5S. The summed E-state index contributed by atoms with van der Waals surface area (Å²) in [4.78, 5) is 12.8. The standard InChI is InChI=1S/C18H22N4O5S/c1-4-6-11-25-26-22-18(20-3)16-10-8-9-15(13-16)17(14-19)21-27-28(23,24)12-7-5-2/h8-10,13H,4-7,11-12H2,1-2H3/b21-17+,22-18-. The summed E-state index contributed by atoms with van der Waals surface area (Å²) >= 11 is 0. The molecule has 1 aromatic carbocycles. The summed E-state index contributed by atoms with van der Waals surface area (Å²) in [5.41, 5.74) is 0.378. The molecule has 10 heteroatoms. The fraction of sp³-hybridized carbons (Fsp3) is 0.444. The van der Waals surface area contributed by atoms with Crippen LogP contribution in [0.3, 0.4) is 0 Å². The van der Waals surface area contributed by atoms with Gasteiger partial charge in [0, 0.05) is 11.1 Å². The van der Waals surface area contributed by atoms with Gasteiger partial charge in [-0.05, 0) is 12.8 Å². The lowest BCUT2D eigenvalue weighted by Crippen LogP contribution is -2.09. The normalized spacial score (nSPS) is 12.1. The van der Waals surface area contributed by atoms with E-state index in [4.69, 9.17) is 11.5 Å². The van der Waals surface area contributed by atoms with Gasteiger partial charge in [0.1, 0.15) is 11.2 Å². The molecule has 0 bridgehead atoms. The van der Waals surface area contributed by atoms with Gasteiger partial charge in [-0.1, -0.05) is 62.7 Å². The molecule has 1 aromatic rings. The molecule has 0 fully saturated rings. The zero-order chi connectivity index (χ0) is 20.8. The fourth-order valence-corrected chi connectivity index (χ4v) is 2.74. The minimum absolute atomic E-state index is 0.0906. The topological polar surface area (TPSA) is 115 Å². The van der Waals surface area contributed by atoms with E-state index in [2.05, 4.69) is 24.4 Å². The first-order valence-corrected chi connectivity index (χ1v) is 10.3. The second-order valence-electron chi connectivity index (χ2n) is 5.60. The van der Waals surface area contributed by atoms with Gasteiger partial charge in [0.15, 0.2) is 5.71 Å². The minimum atomic E-state index is -3.86. The Kier molecular flexibility index (Phi) is 10.3. The number of unbranched alkanes of at least 4 members (excludes halogenated alkanes) is 2. The largest absolute Gasteiger partial charge is 0.357 e. The third-order valence-electron chi connectivity index (χ3n) is 3.35. The molecule has 0 spiro atoms. The Balaban J connectivity index is 2.97. The third kappa shape index (κ3) is 8.16. The summed E-state index contributed by atoms with van der Waals surface area (Å²) in [5, 5.41) is 16.3. The van der Waals surface area contributed by atoms with Crippen LogP contribution < -0.4 is 0 Å². The Morgan fingerprint density at radius 1 is 1.21 bits per heavy atom. The van der Waals surface area contributed by atoms with Crippen molar-refractivity contribution < 1.29 is 22.6 Å². The quantitative estimate of drug-likeness (QED) is 0.131. The molecule has 0 aliphatic carbocycles. The van der Waals surface area contributed by atoms with Crippen molar-refractivity contribution >= 4 is 21.7 Å². The van der Waals surface area contributed by atoms with Gasteiger partial charge in [-0.3, -0.25) is 4.28 Å². The van der Waals surface area contributed by atoms with E-state index in [1.165, 1.54) is 12.1 Å². The molecule has 0 unspecified atom stereocenters. The first kappa shape index (κ1) is 23.1. The zero-order valence-corrected chi connectivity index (χ0v) is 16.6. The van der Waals surface area contributed by atoms with Gasteiger partial charge in [0.2, 0.25) is 0 Å². The van der Waals surface area contributed by atoms with Crippen LogP contribution in [-0.4, -0.2) is 32.3 Å². The maximum atomic E-state index is 11.7. The number of rotatable bonds is 12. The Morgan fingerprint density at radius 3 is 2.57 bits per heavy atom. The van der Waals surface area contributed by atoms with Crippen LogP contribution in [0.25, 0.3) is 4.85 Å². The summed E-state index contributed by atoms with van der Waals surface area (Å²) in [7, 11) is -3.86. The number of nitrogens with zero attached hydrogens (tertiary/aromatic N) is 4. The van der Waals surface area contributed by atoms with Crippen molar-refractivity contribution in [3.63, 3.8) is 0 Å². The van der Waals surface area contributed by atoms with E-state index in [1.54, 1.807) is 18.2 Å². The number of amidine groups is 1. The average molecular weight is 406 g/mol. The molecule has 0 saturated heterocycles. The van der Waals surface area contributed by atoms with E-state index >= 15 is 0 Å². The third-order valence-corrected chi connectivity index (χ3v) is 4.44. The summed E-state index contributed by atoms with van der Waals surface area (Å²) in [6.45, 7) is 11.4. The molecule has 1 rings (SSSR count). The first-order valence-electron chi connectivity index (χ1n) is 8.71. The summed E-state index contributed by atoms with van der Waals surface area (Å²) < 4.78 is 28.0. The molecule has 0 aliphatic heterocycles. The number of oxime groups is 2. The van der Waals surface area contributed by atoms with E-state index in [0.29, 0.717) is 25.0 Å². The van der Waals surface area contributed by atoms with Crippen molar-refractivity contribution in [1.29, 1.82) is 5.26 Å². The highest BCUT2D eigenvalue weighted by Gasteiger charge is 2.14. The van der Waals surface area contributed by atoms with Crippen LogP contribution in [0.5, 0.6) is 0 Å². The van der Waals surface area contributed by atoms with Crippen molar-refractivity contribution in [3.05, 3.63) is 46.8 Å². The van der Waals surface area contributed by atoms with Crippen LogP contribution in [0.1, 0.15) is 50.7 Å². The van der Waals surface area contributed by atoms with Gasteiger partial charge >= 0.3 is 16.0 Å². The van der Waals surface area contributed by atoms with Crippen molar-refractivity contribution in [2.45, 2.75) is 39.5 Å². The van der Waals surface area contributed by atoms with Crippen molar-refractivity contribution in [3.8, 4) is 6.07 Å². The van der Waals surface area contributed by atoms with Gasteiger partial charge in [0.05, 0.1) is 12.4 Å². The van der Waals surface area contributed by atoms with Crippen LogP contribution in [-0.2, 0) is 24.3 Å². The SMILES string of the molecule is [C-]#[N+]/C(=N\OOCCCC)c1cccc(/C(C#N)=N/OS(=O)(=O)CCCC)c1. The minimum Gasteiger partial charge on any atom is -0.357 e. The predicted octanol–water partition coefficient (Wildman–Crippen LogP) is 3.39. The Hall–Kier alpha value is -2.95. The van der Waals surface area contributed by atoms with Gasteiger partial charge in [-0.25, -0.2) is 0 Å². The van der Waals surface area contributed by atoms with Crippen LogP contribution in [0.15, 0.2) is 34.6 Å². The number of hydrogen-bond acceptors (Lipinski definition) is 8. The fourth-order valence-electron chi connectivity index (χ4n) is 1.84. The van der Waals surface area contributed by atoms with E-state index in [0.717, 1.165) is 12.8 Å². The smallest absolute Gasteiger partial charge is 0.328 e. The highest BCUT2D eigenvalue weighted by Crippen LogP contribution is 2.11. The average Bonchev–Trinajstić information content (AvgIpc) is 2.70. The Morgan fingerprint density at radius 2 is 1.93 bits per heavy atom. The van der Waals surface area contributed by atoms with Crippen LogP contribution in [0.2, 0.25) is 0 Å². The van der Waals surface area contributed by atoms with E-state index in [-0.39, 0.29) is 22.9 Å². The molecule has 0 aliphatic rings. The van der Waals surface area contributed by atoms with Crippen LogP contribution in [0, 0.1) is 17.9 Å². The zero-order valence-electron chi connectivity index (χ0n) is 15.8. The van der Waals surface area contributed by atoms with Gasteiger partial charge in [-0.15, -0.1) is 9.88 Å². The maximum absolute atomic E-state index is 11.7. The molecule has 0 radical (unpaired) electrons. The van der Waals surface area contributed by atoms with Gasteiger partial charge < -0.3 is 4.85 Å². The van der Waals surface area contributed by atoms with Gasteiger partial charge in [-0.2, -0.15) is 13.7 Å². The monoisotopic (exact) mass is 406 g/mol. The summed E-state index contributed by atoms with van der Waals surface area (Å²) in [6, 6.07) is 7.93. The lowest BCUT2D eigenvalue weighted by atomic mass is 10.1. The molecule has 0 heterocycles. The van der Waals surface area contributed by atoms with Crippen molar-refractivity contribution in [2.24, 2.45) is 10.3 Å².